The highest BCUT2D eigenvalue weighted by atomic mass is 32.1. The molecule has 5 atom stereocenters. The van der Waals surface area contributed by atoms with Gasteiger partial charge >= 0.3 is 12.0 Å². The molecule has 2 saturated heterocycles. The first-order valence-corrected chi connectivity index (χ1v) is 22.7. The molecule has 4 amide bonds. The Kier molecular flexibility index (Phi) is 22.9. The molecule has 3 aliphatic rings. The van der Waals surface area contributed by atoms with E-state index in [-0.39, 0.29) is 105 Å². The van der Waals surface area contributed by atoms with E-state index in [2.05, 4.69) is 60.3 Å². The summed E-state index contributed by atoms with van der Waals surface area (Å²) in [6.45, 7) is 16.5. The van der Waals surface area contributed by atoms with Crippen molar-refractivity contribution in [2.24, 2.45) is 11.3 Å². The van der Waals surface area contributed by atoms with Crippen molar-refractivity contribution in [1.82, 2.24) is 40.1 Å². The first-order valence-electron chi connectivity index (χ1n) is 21.9. The SMILES string of the molecule is CCn1c(-c2cccnc2[C@H](C)OC)c2c3cc(ccc31)-c1csc(n1)C[C@H](NC(=O)[C@H](C(C)C)N(C)C(=O)N1CCOC[C@@H]1C)C(=O)N1CCC[C@H](N1)C(=O)OCC(C)(C)C2.S.S.S.S.S. The molecule has 21 heteroatoms. The lowest BCUT2D eigenvalue weighted by Crippen LogP contribution is -2.63. The van der Waals surface area contributed by atoms with Crippen molar-refractivity contribution in [1.29, 1.82) is 0 Å². The second-order valence-corrected chi connectivity index (χ2v) is 18.9. The molecule has 374 valence electrons. The summed E-state index contributed by atoms with van der Waals surface area (Å²) in [5, 5.41) is 8.18. The second-order valence-electron chi connectivity index (χ2n) is 18.0. The molecule has 1 aromatic carbocycles. The van der Waals surface area contributed by atoms with Gasteiger partial charge in [-0.1, -0.05) is 33.8 Å². The number of likely N-dealkylation sites (N-methyl/N-ethyl adjacent to an activating group) is 1. The van der Waals surface area contributed by atoms with E-state index in [9.17, 15) is 19.2 Å². The van der Waals surface area contributed by atoms with Gasteiger partial charge in [0, 0.05) is 79.2 Å². The zero-order valence-corrected chi connectivity index (χ0v) is 45.8. The van der Waals surface area contributed by atoms with E-state index in [0.29, 0.717) is 57.1 Å². The molecule has 3 aliphatic heterocycles. The van der Waals surface area contributed by atoms with Gasteiger partial charge in [-0.05, 0) is 75.8 Å². The number of esters is 1. The molecule has 15 nitrogen and oxygen atoms in total. The lowest BCUT2D eigenvalue weighted by molar-refractivity contribution is -0.155. The first kappa shape index (κ1) is 60.0. The van der Waals surface area contributed by atoms with Crippen LogP contribution in [0.2, 0.25) is 0 Å². The minimum Gasteiger partial charge on any atom is -0.464 e. The minimum absolute atomic E-state index is 0. The summed E-state index contributed by atoms with van der Waals surface area (Å²) < 4.78 is 19.8. The highest BCUT2D eigenvalue weighted by molar-refractivity contribution is 7.60. The maximum Gasteiger partial charge on any atom is 0.324 e. The Balaban J connectivity index is 0.00000308. The fourth-order valence-electron chi connectivity index (χ4n) is 9.08. The van der Waals surface area contributed by atoms with Crippen LogP contribution in [0, 0.1) is 11.3 Å². The molecule has 6 heterocycles. The van der Waals surface area contributed by atoms with Gasteiger partial charge in [-0.3, -0.25) is 24.4 Å². The minimum atomic E-state index is -1.05. The van der Waals surface area contributed by atoms with E-state index >= 15 is 0 Å². The van der Waals surface area contributed by atoms with Crippen LogP contribution in [-0.4, -0.2) is 124 Å². The van der Waals surface area contributed by atoms with Crippen LogP contribution >= 0.6 is 78.8 Å². The molecular formula is C46H72N8O7S6. The third-order valence-corrected chi connectivity index (χ3v) is 13.3. The average Bonchev–Trinajstić information content (AvgIpc) is 3.85. The van der Waals surface area contributed by atoms with Crippen LogP contribution in [0.3, 0.4) is 0 Å². The maximum atomic E-state index is 14.6. The Bertz CT molecular complexity index is 2310. The van der Waals surface area contributed by atoms with Crippen molar-refractivity contribution >= 4 is 114 Å². The van der Waals surface area contributed by atoms with Crippen molar-refractivity contribution in [3.05, 3.63) is 58.2 Å². The topological polar surface area (TPSA) is 160 Å². The standard InChI is InChI=1S/C46H62N8O7S.5H2S/c1-10-52-37-16-15-30-21-32(37)33(41(52)31-13-11-17-47-39(31)29(5)59-9)23-46(6,7)26-61-44(57)34-14-12-18-54(50-34)43(56)35(22-38-48-36(30)25-62-38)49-42(55)40(27(2)3)51(8)45(58)53-19-20-60-24-28(53)4;;;;;/h11,13,15-17,21,25,27-29,34-35,40,50H,10,12,14,18-20,22-24,26H2,1-9H3,(H,49,55);5*1H2/t28-,29-,34-,35-,40-;;;;;/m0...../s1. The van der Waals surface area contributed by atoms with Gasteiger partial charge in [0.1, 0.15) is 18.1 Å². The summed E-state index contributed by atoms with van der Waals surface area (Å²) >= 11 is 1.42. The molecule has 2 N–H and O–H groups in total. The van der Waals surface area contributed by atoms with Crippen LogP contribution in [0.15, 0.2) is 41.9 Å². The van der Waals surface area contributed by atoms with Crippen molar-refractivity contribution in [2.75, 3.05) is 47.1 Å². The number of fused-ring (bicyclic) bond motifs is 6. The van der Waals surface area contributed by atoms with Crippen LogP contribution < -0.4 is 10.7 Å². The molecule has 0 aliphatic carbocycles. The van der Waals surface area contributed by atoms with E-state index in [1.807, 2.05) is 39.1 Å². The third kappa shape index (κ3) is 13.0. The lowest BCUT2D eigenvalue weighted by atomic mass is 9.84. The summed E-state index contributed by atoms with van der Waals surface area (Å²) in [4.78, 5) is 69.6. The number of nitrogens with one attached hydrogen (secondary N) is 2. The predicted molar refractivity (Wildman–Crippen MR) is 290 cm³/mol. The maximum absolute atomic E-state index is 14.6. The molecule has 67 heavy (non-hydrogen) atoms. The van der Waals surface area contributed by atoms with Crippen LogP contribution in [-0.2, 0) is 48.0 Å². The van der Waals surface area contributed by atoms with Gasteiger partial charge in [0.2, 0.25) is 5.91 Å². The van der Waals surface area contributed by atoms with Crippen molar-refractivity contribution < 1.29 is 33.4 Å². The van der Waals surface area contributed by atoms with Gasteiger partial charge in [0.15, 0.2) is 0 Å². The van der Waals surface area contributed by atoms with Gasteiger partial charge in [-0.15, -0.1) is 11.3 Å². The molecule has 0 saturated carbocycles. The number of hydrogen-bond acceptors (Lipinski definition) is 11. The predicted octanol–water partition coefficient (Wildman–Crippen LogP) is 6.56. The Morgan fingerprint density at radius 2 is 1.82 bits per heavy atom. The molecule has 6 bridgehead atoms. The van der Waals surface area contributed by atoms with Crippen molar-refractivity contribution in [3.8, 4) is 22.5 Å². The monoisotopic (exact) mass is 1040 g/mol. The highest BCUT2D eigenvalue weighted by Crippen LogP contribution is 2.42. The molecule has 0 unspecified atom stereocenters. The van der Waals surface area contributed by atoms with E-state index in [1.165, 1.54) is 21.2 Å². The third-order valence-electron chi connectivity index (χ3n) is 12.4. The summed E-state index contributed by atoms with van der Waals surface area (Å²) in [5.41, 5.74) is 9.36. The average molecular weight is 1040 g/mol. The Hall–Kier alpha value is -3.15. The normalized spacial score (nSPS) is 20.3. The first-order chi connectivity index (χ1) is 29.6. The number of urea groups is 1. The number of hydrogen-bond donors (Lipinski definition) is 2. The number of benzene rings is 1. The molecule has 4 aromatic rings. The fourth-order valence-corrected chi connectivity index (χ4v) is 9.93. The Morgan fingerprint density at radius 1 is 1.09 bits per heavy atom. The largest absolute Gasteiger partial charge is 0.464 e. The number of cyclic esters (lactones) is 1. The fraction of sp³-hybridized carbons (Fsp3) is 0.565. The number of ether oxygens (including phenoxy) is 3. The number of rotatable bonds is 8. The number of carbonyl (C=O) groups excluding carboxylic acids is 4. The molecule has 2 fully saturated rings. The number of pyridine rings is 1. The smallest absolute Gasteiger partial charge is 0.324 e. The zero-order valence-electron chi connectivity index (χ0n) is 40.0. The number of hydrazine groups is 1. The highest BCUT2D eigenvalue weighted by Gasteiger charge is 2.39. The van der Waals surface area contributed by atoms with E-state index in [4.69, 9.17) is 24.2 Å². The number of aryl methyl sites for hydroxylation is 1. The molecule has 0 radical (unpaired) electrons. The van der Waals surface area contributed by atoms with Gasteiger partial charge in [-0.25, -0.2) is 15.2 Å². The van der Waals surface area contributed by atoms with Crippen molar-refractivity contribution in [2.45, 2.75) is 111 Å². The number of methoxy groups -OCH3 is 1. The number of morpholine rings is 1. The summed E-state index contributed by atoms with van der Waals surface area (Å²) in [5.74, 6) is -1.56. The Labute approximate surface area is 434 Å². The zero-order chi connectivity index (χ0) is 44.5. The van der Waals surface area contributed by atoms with E-state index in [1.54, 1.807) is 25.3 Å². The molecule has 7 rings (SSSR count). The van der Waals surface area contributed by atoms with Gasteiger partial charge in [0.25, 0.3) is 5.91 Å². The quantitative estimate of drug-likeness (QED) is 0.185. The Morgan fingerprint density at radius 3 is 2.49 bits per heavy atom. The molecule has 0 spiro atoms. The summed E-state index contributed by atoms with van der Waals surface area (Å²) in [6.07, 6.45) is 3.28. The summed E-state index contributed by atoms with van der Waals surface area (Å²) in [7, 11) is 3.32. The van der Waals surface area contributed by atoms with Crippen LogP contribution in [0.5, 0.6) is 0 Å². The van der Waals surface area contributed by atoms with Crippen LogP contribution in [0.25, 0.3) is 33.4 Å². The number of thiazole rings is 1. The number of carbonyl (C=O) groups is 4. The number of amides is 4. The number of aromatic nitrogens is 3. The van der Waals surface area contributed by atoms with Gasteiger partial charge < -0.3 is 33.9 Å². The van der Waals surface area contributed by atoms with Gasteiger partial charge in [-0.2, -0.15) is 67.5 Å². The number of nitrogens with zero attached hydrogens (tertiary/aromatic N) is 6. The molecular weight excluding hydrogens is 969 g/mol. The van der Waals surface area contributed by atoms with Gasteiger partial charge in [0.05, 0.1) is 54.1 Å². The van der Waals surface area contributed by atoms with Crippen LogP contribution in [0.1, 0.15) is 83.7 Å². The lowest BCUT2D eigenvalue weighted by Gasteiger charge is -2.40. The summed E-state index contributed by atoms with van der Waals surface area (Å²) in [6, 6.07) is 7.34. The van der Waals surface area contributed by atoms with Crippen LogP contribution in [0.4, 0.5) is 4.79 Å². The van der Waals surface area contributed by atoms with E-state index < -0.39 is 41.3 Å². The van der Waals surface area contributed by atoms with Crippen molar-refractivity contribution in [3.63, 3.8) is 0 Å². The second kappa shape index (κ2) is 25.6. The molecule has 3 aromatic heterocycles. The van der Waals surface area contributed by atoms with E-state index in [0.717, 1.165) is 44.7 Å².